The Morgan fingerprint density at radius 2 is 2.11 bits per heavy atom. The average molecular weight is 252 g/mol. The molecule has 18 heavy (non-hydrogen) atoms. The van der Waals surface area contributed by atoms with Crippen LogP contribution in [0.15, 0.2) is 6.07 Å². The molecule has 0 aliphatic rings. The van der Waals surface area contributed by atoms with Crippen LogP contribution in [0.1, 0.15) is 32.5 Å². The second kappa shape index (κ2) is 7.87. The van der Waals surface area contributed by atoms with Crippen LogP contribution in [0.3, 0.4) is 0 Å². The van der Waals surface area contributed by atoms with Gasteiger partial charge in [0.25, 0.3) is 0 Å². The monoisotopic (exact) mass is 252 g/mol. The van der Waals surface area contributed by atoms with Crippen molar-refractivity contribution >= 4 is 11.6 Å². The number of aromatic nitrogens is 2. The fraction of sp³-hybridized carbons (Fsp3) is 0.692. The summed E-state index contributed by atoms with van der Waals surface area (Å²) in [5.74, 6) is 2.67. The lowest BCUT2D eigenvalue weighted by molar-refractivity contribution is 0.289. The van der Waals surface area contributed by atoms with E-state index in [9.17, 15) is 0 Å². The van der Waals surface area contributed by atoms with E-state index in [-0.39, 0.29) is 6.61 Å². The summed E-state index contributed by atoms with van der Waals surface area (Å²) in [4.78, 5) is 11.2. The predicted molar refractivity (Wildman–Crippen MR) is 75.2 cm³/mol. The van der Waals surface area contributed by atoms with Crippen LogP contribution in [0.4, 0.5) is 11.6 Å². The zero-order valence-corrected chi connectivity index (χ0v) is 11.6. The molecule has 0 atom stereocenters. The second-order valence-corrected chi connectivity index (χ2v) is 4.18. The highest BCUT2D eigenvalue weighted by Gasteiger charge is 2.09. The summed E-state index contributed by atoms with van der Waals surface area (Å²) in [7, 11) is 1.87. The van der Waals surface area contributed by atoms with Crippen molar-refractivity contribution < 1.29 is 5.11 Å². The Bertz CT molecular complexity index is 357. The molecular formula is C13H24N4O. The molecule has 0 aromatic carbocycles. The summed E-state index contributed by atoms with van der Waals surface area (Å²) in [5, 5.41) is 12.0. The summed E-state index contributed by atoms with van der Waals surface area (Å²) in [6.45, 7) is 6.13. The van der Waals surface area contributed by atoms with Gasteiger partial charge in [-0.2, -0.15) is 0 Å². The van der Waals surface area contributed by atoms with Crippen molar-refractivity contribution in [1.29, 1.82) is 0 Å². The van der Waals surface area contributed by atoms with E-state index in [0.717, 1.165) is 49.8 Å². The van der Waals surface area contributed by atoms with Gasteiger partial charge in [-0.1, -0.05) is 6.92 Å². The van der Waals surface area contributed by atoms with Crippen molar-refractivity contribution in [2.24, 2.45) is 0 Å². The molecule has 0 saturated carbocycles. The van der Waals surface area contributed by atoms with Crippen LogP contribution in [0, 0.1) is 0 Å². The van der Waals surface area contributed by atoms with Crippen LogP contribution >= 0.6 is 0 Å². The molecule has 0 radical (unpaired) electrons. The minimum Gasteiger partial charge on any atom is -0.396 e. The third kappa shape index (κ3) is 4.14. The minimum absolute atomic E-state index is 0.211. The molecule has 0 spiro atoms. The first-order valence-corrected chi connectivity index (χ1v) is 6.66. The normalized spacial score (nSPS) is 10.4. The van der Waals surface area contributed by atoms with Crippen LogP contribution in [0.2, 0.25) is 0 Å². The Hall–Kier alpha value is -1.36. The van der Waals surface area contributed by atoms with Gasteiger partial charge in [-0.25, -0.2) is 9.97 Å². The number of anilines is 2. The number of aliphatic hydroxyl groups is 1. The first-order chi connectivity index (χ1) is 8.74. The molecule has 0 amide bonds. The smallest absolute Gasteiger partial charge is 0.134 e. The molecular weight excluding hydrogens is 228 g/mol. The van der Waals surface area contributed by atoms with Crippen molar-refractivity contribution in [1.82, 2.24) is 9.97 Å². The standard InChI is InChI=1S/C13H24N4O/c1-4-7-11-15-12(14-3)10-13(16-11)17(5-2)8-6-9-18/h10,18H,4-9H2,1-3H3,(H,14,15,16). The first-order valence-electron chi connectivity index (χ1n) is 6.66. The van der Waals surface area contributed by atoms with Crippen molar-refractivity contribution in [2.75, 3.05) is 37.0 Å². The summed E-state index contributed by atoms with van der Waals surface area (Å²) >= 11 is 0. The molecule has 5 heteroatoms. The SMILES string of the molecule is CCCc1nc(NC)cc(N(CC)CCCO)n1. The fourth-order valence-electron chi connectivity index (χ4n) is 1.80. The van der Waals surface area contributed by atoms with Crippen molar-refractivity contribution in [3.8, 4) is 0 Å². The number of nitrogens with zero attached hydrogens (tertiary/aromatic N) is 3. The molecule has 1 heterocycles. The van der Waals surface area contributed by atoms with E-state index in [2.05, 4.69) is 34.0 Å². The van der Waals surface area contributed by atoms with E-state index in [1.54, 1.807) is 0 Å². The minimum atomic E-state index is 0.211. The van der Waals surface area contributed by atoms with Crippen LogP contribution in [0.5, 0.6) is 0 Å². The first kappa shape index (κ1) is 14.7. The molecule has 2 N–H and O–H groups in total. The molecule has 0 bridgehead atoms. The van der Waals surface area contributed by atoms with Crippen LogP contribution in [-0.2, 0) is 6.42 Å². The van der Waals surface area contributed by atoms with Gasteiger partial charge >= 0.3 is 0 Å². The van der Waals surface area contributed by atoms with Gasteiger partial charge in [0.15, 0.2) is 0 Å². The predicted octanol–water partition coefficient (Wildman–Crippen LogP) is 1.68. The maximum Gasteiger partial charge on any atom is 0.134 e. The zero-order chi connectivity index (χ0) is 13.4. The number of rotatable bonds is 8. The van der Waals surface area contributed by atoms with Gasteiger partial charge in [0.2, 0.25) is 0 Å². The van der Waals surface area contributed by atoms with Gasteiger partial charge in [-0.05, 0) is 19.8 Å². The molecule has 0 unspecified atom stereocenters. The lowest BCUT2D eigenvalue weighted by atomic mass is 10.3. The number of nitrogens with one attached hydrogen (secondary N) is 1. The number of aliphatic hydroxyl groups excluding tert-OH is 1. The van der Waals surface area contributed by atoms with Gasteiger partial charge in [0.05, 0.1) is 0 Å². The topological polar surface area (TPSA) is 61.3 Å². The van der Waals surface area contributed by atoms with E-state index >= 15 is 0 Å². The molecule has 0 saturated heterocycles. The highest BCUT2D eigenvalue weighted by molar-refractivity contribution is 5.49. The zero-order valence-electron chi connectivity index (χ0n) is 11.6. The third-order valence-corrected chi connectivity index (χ3v) is 2.78. The molecule has 1 aromatic rings. The van der Waals surface area contributed by atoms with Crippen LogP contribution in [0.25, 0.3) is 0 Å². The second-order valence-electron chi connectivity index (χ2n) is 4.18. The van der Waals surface area contributed by atoms with Crippen molar-refractivity contribution in [3.05, 3.63) is 11.9 Å². The number of aryl methyl sites for hydroxylation is 1. The number of hydrogen-bond acceptors (Lipinski definition) is 5. The van der Waals surface area contributed by atoms with E-state index in [1.165, 1.54) is 0 Å². The Morgan fingerprint density at radius 1 is 1.33 bits per heavy atom. The molecule has 1 aromatic heterocycles. The Kier molecular flexibility index (Phi) is 6.43. The highest BCUT2D eigenvalue weighted by atomic mass is 16.3. The maximum absolute atomic E-state index is 8.93. The van der Waals surface area contributed by atoms with Crippen molar-refractivity contribution in [3.63, 3.8) is 0 Å². The molecule has 1 rings (SSSR count). The molecule has 5 nitrogen and oxygen atoms in total. The van der Waals surface area contributed by atoms with Gasteiger partial charge in [0, 0.05) is 39.2 Å². The quantitative estimate of drug-likeness (QED) is 0.737. The Balaban J connectivity index is 2.93. The van der Waals surface area contributed by atoms with Gasteiger partial charge in [0.1, 0.15) is 17.5 Å². The summed E-state index contributed by atoms with van der Waals surface area (Å²) < 4.78 is 0. The molecule has 0 fully saturated rings. The number of hydrogen-bond donors (Lipinski definition) is 2. The van der Waals surface area contributed by atoms with Gasteiger partial charge in [-0.3, -0.25) is 0 Å². The lowest BCUT2D eigenvalue weighted by Crippen LogP contribution is -2.26. The highest BCUT2D eigenvalue weighted by Crippen LogP contribution is 2.16. The van der Waals surface area contributed by atoms with E-state index in [4.69, 9.17) is 5.11 Å². The maximum atomic E-state index is 8.93. The van der Waals surface area contributed by atoms with E-state index in [0.29, 0.717) is 0 Å². The largest absolute Gasteiger partial charge is 0.396 e. The van der Waals surface area contributed by atoms with Gasteiger partial charge in [-0.15, -0.1) is 0 Å². The molecule has 102 valence electrons. The Morgan fingerprint density at radius 3 is 2.67 bits per heavy atom. The summed E-state index contributed by atoms with van der Waals surface area (Å²) in [5.41, 5.74) is 0. The molecule has 0 aliphatic carbocycles. The van der Waals surface area contributed by atoms with Crippen LogP contribution in [-0.4, -0.2) is 41.8 Å². The van der Waals surface area contributed by atoms with Gasteiger partial charge < -0.3 is 15.3 Å². The van der Waals surface area contributed by atoms with E-state index in [1.807, 2.05) is 13.1 Å². The lowest BCUT2D eigenvalue weighted by Gasteiger charge is -2.22. The average Bonchev–Trinajstić information content (AvgIpc) is 2.39. The third-order valence-electron chi connectivity index (χ3n) is 2.78. The molecule has 0 aliphatic heterocycles. The van der Waals surface area contributed by atoms with Crippen LogP contribution < -0.4 is 10.2 Å². The summed E-state index contributed by atoms with van der Waals surface area (Å²) in [6.07, 6.45) is 2.69. The summed E-state index contributed by atoms with van der Waals surface area (Å²) in [6, 6.07) is 1.96. The fourth-order valence-corrected chi connectivity index (χ4v) is 1.80. The van der Waals surface area contributed by atoms with E-state index < -0.39 is 0 Å². The van der Waals surface area contributed by atoms with Crippen molar-refractivity contribution in [2.45, 2.75) is 33.1 Å². The Labute approximate surface area is 109 Å².